The number of carbonyl (C=O) groups excluding carboxylic acids is 2. The van der Waals surface area contributed by atoms with Crippen molar-refractivity contribution in [2.24, 2.45) is 0 Å². The van der Waals surface area contributed by atoms with Crippen LogP contribution < -0.4 is 0 Å². The number of hydrogen-bond acceptors (Lipinski definition) is 5. The molecule has 6 heteroatoms. The molecule has 0 saturated heterocycles. The van der Waals surface area contributed by atoms with E-state index < -0.39 is 29.8 Å². The molecule has 19 heavy (non-hydrogen) atoms. The van der Waals surface area contributed by atoms with Gasteiger partial charge in [-0.05, 0) is 27.7 Å². The zero-order valence-corrected chi connectivity index (χ0v) is 12.3. The number of methoxy groups -OCH3 is 1. The van der Waals surface area contributed by atoms with Gasteiger partial charge in [0, 0.05) is 13.1 Å². The first-order valence-electron chi connectivity index (χ1n) is 5.98. The number of nitrogens with zero attached hydrogens (tertiary/aromatic N) is 1. The van der Waals surface area contributed by atoms with Gasteiger partial charge in [0.05, 0.1) is 19.3 Å². The summed E-state index contributed by atoms with van der Waals surface area (Å²) < 4.78 is 9.65. The molecule has 0 heterocycles. The molecule has 0 aromatic carbocycles. The van der Waals surface area contributed by atoms with E-state index >= 15 is 0 Å². The molecule has 1 amide bonds. The summed E-state index contributed by atoms with van der Waals surface area (Å²) in [5.74, 6) is -0.553. The lowest BCUT2D eigenvalue weighted by Crippen LogP contribution is -2.44. The van der Waals surface area contributed by atoms with Crippen molar-refractivity contribution in [1.82, 2.24) is 4.90 Å². The first-order chi connectivity index (χ1) is 8.58. The van der Waals surface area contributed by atoms with E-state index in [9.17, 15) is 14.7 Å². The predicted molar refractivity (Wildman–Crippen MR) is 70.6 cm³/mol. The lowest BCUT2D eigenvalue weighted by atomic mass is 10.1. The molecule has 2 atom stereocenters. The standard InChI is InChI=1S/C13H23NO5/c1-9(15)10(7-8-11(16)18-6)14(5)12(17)19-13(2,3)4/h7-10,15H,1-6H3/b8-7+/t9-,10+/m1/s1. The molecular weight excluding hydrogens is 250 g/mol. The number of hydrogen-bond donors (Lipinski definition) is 1. The van der Waals surface area contributed by atoms with Crippen molar-refractivity contribution in [2.45, 2.75) is 45.4 Å². The molecule has 0 aliphatic heterocycles. The summed E-state index contributed by atoms with van der Waals surface area (Å²) in [5.41, 5.74) is -0.624. The minimum absolute atomic E-state index is 0.553. The largest absolute Gasteiger partial charge is 0.466 e. The first-order valence-corrected chi connectivity index (χ1v) is 5.98. The fourth-order valence-electron chi connectivity index (χ4n) is 1.31. The maximum absolute atomic E-state index is 11.9. The van der Waals surface area contributed by atoms with Gasteiger partial charge >= 0.3 is 12.1 Å². The number of aliphatic hydroxyl groups excluding tert-OH is 1. The summed E-state index contributed by atoms with van der Waals surface area (Å²) in [4.78, 5) is 24.1. The zero-order valence-electron chi connectivity index (χ0n) is 12.3. The smallest absolute Gasteiger partial charge is 0.410 e. The molecule has 0 aliphatic rings. The van der Waals surface area contributed by atoms with Crippen LogP contribution in [0.1, 0.15) is 27.7 Å². The zero-order chi connectivity index (χ0) is 15.2. The first kappa shape index (κ1) is 17.4. The van der Waals surface area contributed by atoms with Gasteiger partial charge < -0.3 is 19.5 Å². The van der Waals surface area contributed by atoms with Crippen LogP contribution in [0.4, 0.5) is 4.79 Å². The Hall–Kier alpha value is -1.56. The van der Waals surface area contributed by atoms with Crippen molar-refractivity contribution in [3.63, 3.8) is 0 Å². The van der Waals surface area contributed by atoms with Crippen molar-refractivity contribution in [1.29, 1.82) is 0 Å². The number of carbonyl (C=O) groups is 2. The third-order valence-electron chi connectivity index (χ3n) is 2.25. The van der Waals surface area contributed by atoms with Gasteiger partial charge in [-0.3, -0.25) is 0 Å². The van der Waals surface area contributed by atoms with Gasteiger partial charge in [0.15, 0.2) is 0 Å². The molecule has 0 rings (SSSR count). The quantitative estimate of drug-likeness (QED) is 0.617. The van der Waals surface area contributed by atoms with Gasteiger partial charge in [0.25, 0.3) is 0 Å². The molecular formula is C13H23NO5. The molecule has 110 valence electrons. The predicted octanol–water partition coefficient (Wildman–Crippen LogP) is 1.33. The Morgan fingerprint density at radius 2 is 1.84 bits per heavy atom. The summed E-state index contributed by atoms with van der Waals surface area (Å²) in [6, 6.07) is -0.672. The summed E-state index contributed by atoms with van der Waals surface area (Å²) in [6.45, 7) is 6.77. The van der Waals surface area contributed by atoms with E-state index in [0.29, 0.717) is 0 Å². The number of ether oxygens (including phenoxy) is 2. The molecule has 0 aromatic rings. The van der Waals surface area contributed by atoms with Crippen LogP contribution in [0.3, 0.4) is 0 Å². The van der Waals surface area contributed by atoms with Crippen molar-refractivity contribution >= 4 is 12.1 Å². The highest BCUT2D eigenvalue weighted by Crippen LogP contribution is 2.13. The molecule has 0 fully saturated rings. The highest BCUT2D eigenvalue weighted by atomic mass is 16.6. The van der Waals surface area contributed by atoms with E-state index in [-0.39, 0.29) is 0 Å². The average molecular weight is 273 g/mol. The monoisotopic (exact) mass is 273 g/mol. The highest BCUT2D eigenvalue weighted by molar-refractivity contribution is 5.82. The second kappa shape index (κ2) is 7.13. The topological polar surface area (TPSA) is 76.1 Å². The van der Waals surface area contributed by atoms with E-state index in [2.05, 4.69) is 4.74 Å². The van der Waals surface area contributed by atoms with Crippen LogP contribution in [-0.2, 0) is 14.3 Å². The molecule has 0 radical (unpaired) electrons. The van der Waals surface area contributed by atoms with Gasteiger partial charge in [-0.25, -0.2) is 9.59 Å². The molecule has 0 bridgehead atoms. The van der Waals surface area contributed by atoms with Gasteiger partial charge in [0.2, 0.25) is 0 Å². The van der Waals surface area contributed by atoms with Crippen LogP contribution in [0, 0.1) is 0 Å². The Morgan fingerprint density at radius 3 is 2.21 bits per heavy atom. The average Bonchev–Trinajstić information content (AvgIpc) is 2.25. The number of amides is 1. The summed E-state index contributed by atoms with van der Waals surface area (Å²) in [7, 11) is 2.74. The van der Waals surface area contributed by atoms with Crippen LogP contribution >= 0.6 is 0 Å². The Balaban J connectivity index is 4.85. The number of likely N-dealkylation sites (N-methyl/N-ethyl adjacent to an activating group) is 1. The Labute approximate surface area is 114 Å². The van der Waals surface area contributed by atoms with E-state index in [0.717, 1.165) is 6.08 Å². The van der Waals surface area contributed by atoms with E-state index in [1.54, 1.807) is 20.8 Å². The Morgan fingerprint density at radius 1 is 1.32 bits per heavy atom. The third kappa shape index (κ3) is 6.81. The van der Waals surface area contributed by atoms with Crippen LogP contribution in [0.25, 0.3) is 0 Å². The Kier molecular flexibility index (Phi) is 6.55. The van der Waals surface area contributed by atoms with Crippen molar-refractivity contribution in [2.75, 3.05) is 14.2 Å². The van der Waals surface area contributed by atoms with E-state index in [1.165, 1.54) is 32.1 Å². The maximum atomic E-state index is 11.9. The summed E-state index contributed by atoms with van der Waals surface area (Å²) in [6.07, 6.45) is 1.14. The lowest BCUT2D eigenvalue weighted by Gasteiger charge is -2.30. The van der Waals surface area contributed by atoms with E-state index in [1.807, 2.05) is 0 Å². The van der Waals surface area contributed by atoms with Crippen LogP contribution in [0.15, 0.2) is 12.2 Å². The normalized spacial score (nSPS) is 14.9. The molecule has 0 saturated carbocycles. The molecule has 0 aromatic heterocycles. The number of rotatable bonds is 4. The lowest BCUT2D eigenvalue weighted by molar-refractivity contribution is -0.134. The second-order valence-corrected chi connectivity index (χ2v) is 5.20. The molecule has 0 spiro atoms. The SMILES string of the molecule is COC(=O)/C=C/[C@@H]([C@@H](C)O)N(C)C(=O)OC(C)(C)C. The van der Waals surface area contributed by atoms with Gasteiger partial charge in [0.1, 0.15) is 5.60 Å². The molecule has 1 N–H and O–H groups in total. The molecule has 0 aliphatic carbocycles. The fourth-order valence-corrected chi connectivity index (χ4v) is 1.31. The van der Waals surface area contributed by atoms with Gasteiger partial charge in [-0.15, -0.1) is 0 Å². The Bertz CT molecular complexity index is 343. The number of esters is 1. The molecule has 0 unspecified atom stereocenters. The minimum Gasteiger partial charge on any atom is -0.466 e. The summed E-state index contributed by atoms with van der Waals surface area (Å²) >= 11 is 0. The van der Waals surface area contributed by atoms with Gasteiger partial charge in [-0.1, -0.05) is 6.08 Å². The minimum atomic E-state index is -0.849. The maximum Gasteiger partial charge on any atom is 0.410 e. The molecule has 6 nitrogen and oxygen atoms in total. The number of aliphatic hydroxyl groups is 1. The summed E-state index contributed by atoms with van der Waals surface area (Å²) in [5, 5.41) is 9.66. The second-order valence-electron chi connectivity index (χ2n) is 5.20. The van der Waals surface area contributed by atoms with Crippen LogP contribution in [0.5, 0.6) is 0 Å². The van der Waals surface area contributed by atoms with Crippen molar-refractivity contribution in [3.8, 4) is 0 Å². The van der Waals surface area contributed by atoms with Crippen molar-refractivity contribution < 1.29 is 24.2 Å². The van der Waals surface area contributed by atoms with Gasteiger partial charge in [-0.2, -0.15) is 0 Å². The van der Waals surface area contributed by atoms with Crippen LogP contribution in [0.2, 0.25) is 0 Å². The van der Waals surface area contributed by atoms with Crippen molar-refractivity contribution in [3.05, 3.63) is 12.2 Å². The van der Waals surface area contributed by atoms with E-state index in [4.69, 9.17) is 4.74 Å². The van der Waals surface area contributed by atoms with Crippen LogP contribution in [-0.4, -0.2) is 54.0 Å². The highest BCUT2D eigenvalue weighted by Gasteiger charge is 2.26. The fraction of sp³-hybridized carbons (Fsp3) is 0.692. The third-order valence-corrected chi connectivity index (χ3v) is 2.25.